The van der Waals surface area contributed by atoms with E-state index in [1.54, 1.807) is 18.2 Å². The smallest absolute Gasteiger partial charge is 0.274 e. The molecule has 0 bridgehead atoms. The summed E-state index contributed by atoms with van der Waals surface area (Å²) in [6.45, 7) is 0.294. The molecule has 0 atom stereocenters. The lowest BCUT2D eigenvalue weighted by Gasteiger charge is -2.22. The average molecular weight is 250 g/mol. The van der Waals surface area contributed by atoms with E-state index in [9.17, 15) is 10.1 Å². The molecule has 0 aliphatic carbocycles. The summed E-state index contributed by atoms with van der Waals surface area (Å²) in [6, 6.07) is 6.66. The molecule has 0 aromatic heterocycles. The van der Waals surface area contributed by atoms with E-state index in [1.165, 1.54) is 6.07 Å². The number of aliphatic imine (C=N–C) groups is 1. The summed E-state index contributed by atoms with van der Waals surface area (Å²) in [7, 11) is 7.55. The molecule has 1 rings (SSSR count). The molecule has 0 heterocycles. The molecule has 98 valence electrons. The van der Waals surface area contributed by atoms with Gasteiger partial charge in [0.2, 0.25) is 0 Å². The first-order valence-electron chi connectivity index (χ1n) is 5.55. The summed E-state index contributed by atoms with van der Waals surface area (Å²) in [4.78, 5) is 18.6. The fourth-order valence-corrected chi connectivity index (χ4v) is 1.66. The van der Waals surface area contributed by atoms with Crippen LogP contribution in [-0.2, 0) is 6.54 Å². The lowest BCUT2D eigenvalue weighted by atomic mass is 10.2. The highest BCUT2D eigenvalue weighted by Crippen LogP contribution is 2.18. The van der Waals surface area contributed by atoms with Gasteiger partial charge in [-0.2, -0.15) is 0 Å². The zero-order valence-corrected chi connectivity index (χ0v) is 11.1. The fraction of sp³-hybridized carbons (Fsp3) is 0.417. The third kappa shape index (κ3) is 3.44. The van der Waals surface area contributed by atoms with Gasteiger partial charge in [0.25, 0.3) is 5.69 Å². The molecule has 0 fully saturated rings. The maximum atomic E-state index is 10.9. The molecule has 0 aliphatic rings. The van der Waals surface area contributed by atoms with E-state index in [-0.39, 0.29) is 10.6 Å². The van der Waals surface area contributed by atoms with Crippen molar-refractivity contribution in [2.24, 2.45) is 4.99 Å². The van der Waals surface area contributed by atoms with Gasteiger partial charge < -0.3 is 9.80 Å². The van der Waals surface area contributed by atoms with E-state index in [0.29, 0.717) is 12.1 Å². The molecule has 0 N–H and O–H groups in total. The van der Waals surface area contributed by atoms with Crippen molar-refractivity contribution < 1.29 is 4.92 Å². The Morgan fingerprint density at radius 1 is 1.22 bits per heavy atom. The molecule has 0 aliphatic heterocycles. The molecule has 0 saturated heterocycles. The van der Waals surface area contributed by atoms with Crippen LogP contribution in [0, 0.1) is 10.1 Å². The Morgan fingerprint density at radius 2 is 1.78 bits per heavy atom. The van der Waals surface area contributed by atoms with E-state index < -0.39 is 0 Å². The average Bonchev–Trinajstić information content (AvgIpc) is 2.28. The standard InChI is InChI=1S/C12H18N4O2/c1-14(2)12(15(3)4)13-9-10-7-5-6-8-11(10)16(17)18/h5-8H,9H2,1-4H3. The van der Waals surface area contributed by atoms with Crippen LogP contribution in [0.15, 0.2) is 29.3 Å². The number of guanidine groups is 1. The molecule has 0 saturated carbocycles. The number of nitro benzene ring substituents is 1. The minimum absolute atomic E-state index is 0.109. The maximum absolute atomic E-state index is 10.9. The molecule has 1 aromatic carbocycles. The highest BCUT2D eigenvalue weighted by atomic mass is 16.6. The van der Waals surface area contributed by atoms with Gasteiger partial charge in [0.05, 0.1) is 17.0 Å². The maximum Gasteiger partial charge on any atom is 0.274 e. The Bertz CT molecular complexity index is 445. The lowest BCUT2D eigenvalue weighted by Crippen LogP contribution is -2.35. The lowest BCUT2D eigenvalue weighted by molar-refractivity contribution is -0.385. The van der Waals surface area contributed by atoms with Gasteiger partial charge in [-0.15, -0.1) is 0 Å². The van der Waals surface area contributed by atoms with Crippen LogP contribution < -0.4 is 0 Å². The number of hydrogen-bond acceptors (Lipinski definition) is 3. The second kappa shape index (κ2) is 6.00. The van der Waals surface area contributed by atoms with Crippen molar-refractivity contribution in [3.63, 3.8) is 0 Å². The highest BCUT2D eigenvalue weighted by Gasteiger charge is 2.12. The Labute approximate surface area is 107 Å². The minimum Gasteiger partial charge on any atom is -0.349 e. The van der Waals surface area contributed by atoms with Crippen molar-refractivity contribution in [2.45, 2.75) is 6.54 Å². The van der Waals surface area contributed by atoms with Crippen LogP contribution in [0.3, 0.4) is 0 Å². The summed E-state index contributed by atoms with van der Waals surface area (Å²) < 4.78 is 0. The Morgan fingerprint density at radius 3 is 2.28 bits per heavy atom. The van der Waals surface area contributed by atoms with E-state index in [4.69, 9.17) is 0 Å². The fourth-order valence-electron chi connectivity index (χ4n) is 1.66. The van der Waals surface area contributed by atoms with Gasteiger partial charge in [0.15, 0.2) is 5.96 Å². The predicted molar refractivity (Wildman–Crippen MR) is 71.6 cm³/mol. The number of para-hydroxylation sites is 1. The van der Waals surface area contributed by atoms with Crippen molar-refractivity contribution in [1.82, 2.24) is 9.80 Å². The Kier molecular flexibility index (Phi) is 4.65. The zero-order chi connectivity index (χ0) is 13.7. The van der Waals surface area contributed by atoms with Gasteiger partial charge in [-0.05, 0) is 0 Å². The summed E-state index contributed by atoms with van der Waals surface area (Å²) >= 11 is 0. The minimum atomic E-state index is -0.379. The third-order valence-corrected chi connectivity index (χ3v) is 2.38. The van der Waals surface area contributed by atoms with Crippen molar-refractivity contribution in [3.8, 4) is 0 Å². The van der Waals surface area contributed by atoms with E-state index in [0.717, 1.165) is 5.96 Å². The summed E-state index contributed by atoms with van der Waals surface area (Å²) in [5.74, 6) is 0.771. The van der Waals surface area contributed by atoms with Gasteiger partial charge in [0, 0.05) is 34.3 Å². The van der Waals surface area contributed by atoms with Crippen molar-refractivity contribution in [1.29, 1.82) is 0 Å². The number of nitrogens with zero attached hydrogens (tertiary/aromatic N) is 4. The van der Waals surface area contributed by atoms with Gasteiger partial charge in [-0.25, -0.2) is 4.99 Å². The first-order chi connectivity index (χ1) is 8.43. The molecule has 0 unspecified atom stereocenters. The molecule has 0 amide bonds. The quantitative estimate of drug-likeness (QED) is 0.353. The second-order valence-corrected chi connectivity index (χ2v) is 4.29. The van der Waals surface area contributed by atoms with Crippen LogP contribution in [0.5, 0.6) is 0 Å². The number of rotatable bonds is 3. The van der Waals surface area contributed by atoms with Gasteiger partial charge in [-0.1, -0.05) is 18.2 Å². The van der Waals surface area contributed by atoms with Crippen LogP contribution in [-0.4, -0.2) is 48.9 Å². The third-order valence-electron chi connectivity index (χ3n) is 2.38. The van der Waals surface area contributed by atoms with Crippen molar-refractivity contribution in [2.75, 3.05) is 28.2 Å². The van der Waals surface area contributed by atoms with Crippen LogP contribution in [0.1, 0.15) is 5.56 Å². The highest BCUT2D eigenvalue weighted by molar-refractivity contribution is 5.79. The van der Waals surface area contributed by atoms with Gasteiger partial charge in [0.1, 0.15) is 0 Å². The van der Waals surface area contributed by atoms with E-state index in [2.05, 4.69) is 4.99 Å². The molecular weight excluding hydrogens is 232 g/mol. The van der Waals surface area contributed by atoms with Crippen LogP contribution in [0.2, 0.25) is 0 Å². The molecular formula is C12H18N4O2. The summed E-state index contributed by atoms with van der Waals surface area (Å²) in [5.41, 5.74) is 0.724. The monoisotopic (exact) mass is 250 g/mol. The first kappa shape index (κ1) is 14.0. The number of benzene rings is 1. The first-order valence-corrected chi connectivity index (χ1v) is 5.55. The van der Waals surface area contributed by atoms with Crippen molar-refractivity contribution in [3.05, 3.63) is 39.9 Å². The Hall–Kier alpha value is -2.11. The largest absolute Gasteiger partial charge is 0.349 e. The topological polar surface area (TPSA) is 62.0 Å². The molecule has 6 heteroatoms. The van der Waals surface area contributed by atoms with E-state index in [1.807, 2.05) is 38.0 Å². The SMILES string of the molecule is CN(C)C(=NCc1ccccc1[N+](=O)[O-])N(C)C. The molecule has 18 heavy (non-hydrogen) atoms. The molecule has 0 radical (unpaired) electrons. The predicted octanol–water partition coefficient (Wildman–Crippen LogP) is 1.57. The van der Waals surface area contributed by atoms with Gasteiger partial charge >= 0.3 is 0 Å². The molecule has 6 nitrogen and oxygen atoms in total. The molecule has 1 aromatic rings. The molecule has 0 spiro atoms. The number of nitro groups is 1. The number of hydrogen-bond donors (Lipinski definition) is 0. The van der Waals surface area contributed by atoms with Crippen LogP contribution in [0.4, 0.5) is 5.69 Å². The van der Waals surface area contributed by atoms with E-state index >= 15 is 0 Å². The summed E-state index contributed by atoms with van der Waals surface area (Å²) in [6.07, 6.45) is 0. The van der Waals surface area contributed by atoms with Crippen LogP contribution >= 0.6 is 0 Å². The van der Waals surface area contributed by atoms with Gasteiger partial charge in [-0.3, -0.25) is 10.1 Å². The summed E-state index contributed by atoms with van der Waals surface area (Å²) in [5, 5.41) is 10.9. The van der Waals surface area contributed by atoms with Crippen LogP contribution in [0.25, 0.3) is 0 Å². The zero-order valence-electron chi connectivity index (χ0n) is 11.1. The Balaban J connectivity index is 2.98. The second-order valence-electron chi connectivity index (χ2n) is 4.29. The van der Waals surface area contributed by atoms with Crippen molar-refractivity contribution >= 4 is 11.6 Å². The normalized spacial score (nSPS) is 9.78.